The smallest absolute Gasteiger partial charge is 0.132 e. The predicted molar refractivity (Wildman–Crippen MR) is 311 cm³/mol. The van der Waals surface area contributed by atoms with Crippen molar-refractivity contribution < 1.29 is 9.13 Å². The molecule has 0 radical (unpaired) electrons. The second kappa shape index (κ2) is 18.8. The molecule has 0 aliphatic carbocycles. The molecule has 0 aromatic heterocycles. The highest BCUT2D eigenvalue weighted by Crippen LogP contribution is 2.57. The second-order valence-electron chi connectivity index (χ2n) is 24.5. The fraction of sp³-hybridized carbons (Fsp3) is 0.239. The van der Waals surface area contributed by atoms with E-state index in [9.17, 15) is 0 Å². The Labute approximate surface area is 440 Å². The van der Waals surface area contributed by atoms with Gasteiger partial charge in [-0.15, -0.1) is 0 Å². The second-order valence-corrected chi connectivity index (χ2v) is 24.5. The maximum atomic E-state index is 16.2. The molecule has 0 amide bonds. The van der Waals surface area contributed by atoms with Gasteiger partial charge in [0.2, 0.25) is 0 Å². The minimum atomic E-state index is -0.863. The Morgan fingerprint density at radius 1 is 0.351 bits per heavy atom. The zero-order valence-corrected chi connectivity index (χ0v) is 45.4. The van der Waals surface area contributed by atoms with Crippen LogP contribution in [0.2, 0.25) is 0 Å². The lowest BCUT2D eigenvalue weighted by atomic mass is 9.63. The van der Waals surface area contributed by atoms with Crippen molar-refractivity contribution in [1.82, 2.24) is 0 Å². The van der Waals surface area contributed by atoms with Crippen LogP contribution in [0.5, 0.6) is 11.5 Å². The summed E-state index contributed by atoms with van der Waals surface area (Å²) in [6, 6.07) is 73.8. The normalized spacial score (nSPS) is 13.4. The lowest BCUT2D eigenvalue weighted by molar-refractivity contribution is 0.434. The van der Waals surface area contributed by atoms with E-state index < -0.39 is 5.41 Å². The molecule has 9 aromatic carbocycles. The molecule has 0 atom stereocenters. The lowest BCUT2D eigenvalue weighted by Crippen LogP contribution is -2.35. The van der Waals surface area contributed by atoms with Crippen molar-refractivity contribution >= 4 is 17.1 Å². The third-order valence-electron chi connectivity index (χ3n) is 15.0. The van der Waals surface area contributed by atoms with Crippen molar-refractivity contribution in [1.29, 1.82) is 0 Å². The predicted octanol–water partition coefficient (Wildman–Crippen LogP) is 20.0. The molecule has 0 N–H and O–H groups in total. The van der Waals surface area contributed by atoms with Crippen LogP contribution in [0.4, 0.5) is 21.5 Å². The molecule has 1 aliphatic rings. The number of nitrogens with zero attached hydrogens (tertiary/aromatic N) is 1. The highest BCUT2D eigenvalue weighted by Gasteiger charge is 2.46. The zero-order valence-electron chi connectivity index (χ0n) is 45.4. The molecule has 372 valence electrons. The van der Waals surface area contributed by atoms with Crippen LogP contribution in [0.3, 0.4) is 0 Å². The number of fused-ring (bicyclic) bond motifs is 2. The van der Waals surface area contributed by atoms with E-state index in [1.165, 1.54) is 28.3 Å². The minimum absolute atomic E-state index is 0.0247. The number of para-hydroxylation sites is 2. The van der Waals surface area contributed by atoms with Gasteiger partial charge in [0.05, 0.1) is 11.1 Å². The number of anilines is 3. The maximum Gasteiger partial charge on any atom is 0.132 e. The van der Waals surface area contributed by atoms with Crippen LogP contribution in [-0.2, 0) is 27.1 Å². The van der Waals surface area contributed by atoms with Gasteiger partial charge in [-0.2, -0.15) is 0 Å². The van der Waals surface area contributed by atoms with Crippen LogP contribution in [0.25, 0.3) is 33.4 Å². The summed E-state index contributed by atoms with van der Waals surface area (Å²) in [4.78, 5) is 2.32. The van der Waals surface area contributed by atoms with Crippen LogP contribution >= 0.6 is 0 Å². The van der Waals surface area contributed by atoms with E-state index in [-0.39, 0.29) is 27.5 Å². The van der Waals surface area contributed by atoms with Crippen molar-refractivity contribution in [3.05, 3.63) is 257 Å². The van der Waals surface area contributed by atoms with Crippen LogP contribution in [-0.4, -0.2) is 0 Å². The van der Waals surface area contributed by atoms with Gasteiger partial charge in [-0.05, 0) is 132 Å². The fourth-order valence-electron chi connectivity index (χ4n) is 10.8. The third kappa shape index (κ3) is 9.38. The Bertz CT molecular complexity index is 3370. The van der Waals surface area contributed by atoms with Crippen molar-refractivity contribution in [3.63, 3.8) is 0 Å². The molecular formula is C71H70FNO. The molecule has 0 bridgehead atoms. The maximum absolute atomic E-state index is 16.2. The monoisotopic (exact) mass is 972 g/mol. The van der Waals surface area contributed by atoms with Gasteiger partial charge < -0.3 is 9.64 Å². The number of halogens is 1. The molecule has 2 nitrogen and oxygen atoms in total. The van der Waals surface area contributed by atoms with Crippen molar-refractivity contribution in [2.75, 3.05) is 4.90 Å². The first-order valence-electron chi connectivity index (χ1n) is 26.3. The molecule has 9 aromatic rings. The summed E-state index contributed by atoms with van der Waals surface area (Å²) in [5.41, 5.74) is 17.1. The first kappa shape index (κ1) is 50.1. The van der Waals surface area contributed by atoms with E-state index in [1.807, 2.05) is 12.1 Å². The molecule has 3 heteroatoms. The first-order chi connectivity index (χ1) is 35.1. The standard InChI is InChI=1S/C71H70FNO/c1-67(2,3)52-38-50(39-53(40-52)68(4,5)6)47-34-36-51(37-35-47)71(62-30-19-21-32-64(62)74-65-33-22-20-31-63(65)71)56-41-54(69(7,8)9)42-59(43-56)73(58-29-23-28-57(72)46-58)66-60(48-24-15-13-16-25-48)44-55(70(10,11)12)45-61(66)49-26-17-14-18-27-49/h13-46H,1-12H3. The van der Waals surface area contributed by atoms with Gasteiger partial charge in [-0.3, -0.25) is 0 Å². The number of hydrogen-bond acceptors (Lipinski definition) is 2. The van der Waals surface area contributed by atoms with E-state index in [4.69, 9.17) is 4.74 Å². The molecule has 0 saturated carbocycles. The Morgan fingerprint density at radius 3 is 1.30 bits per heavy atom. The number of ether oxygens (including phenoxy) is 1. The average molecular weight is 972 g/mol. The molecule has 0 fully saturated rings. The topological polar surface area (TPSA) is 12.5 Å². The Kier molecular flexibility index (Phi) is 12.7. The number of rotatable bonds is 8. The largest absolute Gasteiger partial charge is 0.457 e. The molecule has 1 aliphatic heterocycles. The fourth-order valence-corrected chi connectivity index (χ4v) is 10.8. The van der Waals surface area contributed by atoms with Gasteiger partial charge in [-0.25, -0.2) is 4.39 Å². The Hall–Kier alpha value is -7.49. The van der Waals surface area contributed by atoms with Crippen LogP contribution in [0, 0.1) is 5.82 Å². The number of benzene rings is 9. The summed E-state index contributed by atoms with van der Waals surface area (Å²) in [6.07, 6.45) is 0. The highest BCUT2D eigenvalue weighted by atomic mass is 19.1. The lowest BCUT2D eigenvalue weighted by Gasteiger charge is -2.43. The zero-order chi connectivity index (χ0) is 52.4. The average Bonchev–Trinajstić information content (AvgIpc) is 3.40. The first-order valence-corrected chi connectivity index (χ1v) is 26.3. The van der Waals surface area contributed by atoms with Crippen molar-refractivity contribution in [2.24, 2.45) is 0 Å². The van der Waals surface area contributed by atoms with Crippen LogP contribution < -0.4 is 9.64 Å². The van der Waals surface area contributed by atoms with Gasteiger partial charge >= 0.3 is 0 Å². The molecular weight excluding hydrogens is 902 g/mol. The van der Waals surface area contributed by atoms with E-state index in [2.05, 4.69) is 270 Å². The number of hydrogen-bond donors (Lipinski definition) is 0. The van der Waals surface area contributed by atoms with E-state index >= 15 is 4.39 Å². The quantitative estimate of drug-likeness (QED) is 0.150. The SMILES string of the molecule is CC(C)(C)c1cc(-c2ccc(C3(c4cc(N(c5cccc(F)c5)c5c(-c6ccccc6)cc(C(C)(C)C)cc5-c5ccccc5)cc(C(C)(C)C)c4)c4ccccc4Oc4ccccc43)cc2)cc(C(C)(C)C)c1. The molecule has 0 spiro atoms. The Balaban J connectivity index is 1.32. The summed E-state index contributed by atoms with van der Waals surface area (Å²) in [6.45, 7) is 27.5. The summed E-state index contributed by atoms with van der Waals surface area (Å²) < 4.78 is 23.1. The highest BCUT2D eigenvalue weighted by molar-refractivity contribution is 5.98. The van der Waals surface area contributed by atoms with Gasteiger partial charge in [0, 0.05) is 33.6 Å². The minimum Gasteiger partial charge on any atom is -0.457 e. The molecule has 74 heavy (non-hydrogen) atoms. The third-order valence-corrected chi connectivity index (χ3v) is 15.0. The van der Waals surface area contributed by atoms with Crippen molar-refractivity contribution in [2.45, 2.75) is 110 Å². The summed E-state index contributed by atoms with van der Waals surface area (Å²) in [5.74, 6) is 1.31. The molecule has 10 rings (SSSR count). The van der Waals surface area contributed by atoms with Gasteiger partial charge in [-0.1, -0.05) is 235 Å². The van der Waals surface area contributed by atoms with Crippen LogP contribution in [0.1, 0.15) is 128 Å². The van der Waals surface area contributed by atoms with E-state index in [1.54, 1.807) is 6.07 Å². The van der Waals surface area contributed by atoms with Crippen molar-refractivity contribution in [3.8, 4) is 44.9 Å². The summed E-state index contributed by atoms with van der Waals surface area (Å²) >= 11 is 0. The van der Waals surface area contributed by atoms with E-state index in [0.29, 0.717) is 0 Å². The molecule has 0 saturated heterocycles. The van der Waals surface area contributed by atoms with Gasteiger partial charge in [0.25, 0.3) is 0 Å². The van der Waals surface area contributed by atoms with E-state index in [0.717, 1.165) is 84.2 Å². The molecule has 0 unspecified atom stereocenters. The Morgan fingerprint density at radius 2 is 0.811 bits per heavy atom. The summed E-state index contributed by atoms with van der Waals surface area (Å²) in [7, 11) is 0. The van der Waals surface area contributed by atoms with Gasteiger partial charge in [0.1, 0.15) is 17.3 Å². The van der Waals surface area contributed by atoms with Crippen LogP contribution in [0.15, 0.2) is 206 Å². The van der Waals surface area contributed by atoms with Gasteiger partial charge in [0.15, 0.2) is 0 Å². The molecule has 1 heterocycles. The summed E-state index contributed by atoms with van der Waals surface area (Å²) in [5, 5.41) is 0.